The summed E-state index contributed by atoms with van der Waals surface area (Å²) in [6.45, 7) is 2.13. The summed E-state index contributed by atoms with van der Waals surface area (Å²) in [5, 5.41) is 6.40. The molecular weight excluding hydrogens is 352 g/mol. The molecule has 0 saturated carbocycles. The second-order valence-electron chi connectivity index (χ2n) is 7.01. The zero-order chi connectivity index (χ0) is 18.9. The third-order valence-electron chi connectivity index (χ3n) is 5.13. The Bertz CT molecular complexity index is 1050. The number of hydrogen-bond donors (Lipinski definition) is 2. The van der Waals surface area contributed by atoms with Crippen molar-refractivity contribution in [3.63, 3.8) is 0 Å². The van der Waals surface area contributed by atoms with Crippen LogP contribution in [0, 0.1) is 0 Å². The number of nitrogens with one attached hydrogen (secondary N) is 2. The van der Waals surface area contributed by atoms with Crippen molar-refractivity contribution in [2.75, 3.05) is 28.6 Å². The molecule has 0 bridgehead atoms. The maximum atomic E-state index is 12.5. The molecule has 3 heterocycles. The predicted octanol–water partition coefficient (Wildman–Crippen LogP) is 4.35. The summed E-state index contributed by atoms with van der Waals surface area (Å²) in [5.41, 5.74) is 5.30. The number of fused-ring (bicyclic) bond motifs is 1. The van der Waals surface area contributed by atoms with E-state index in [2.05, 4.69) is 26.6 Å². The number of aromatic nitrogens is 1. The zero-order valence-corrected chi connectivity index (χ0v) is 15.3. The lowest BCUT2D eigenvalue weighted by Gasteiger charge is -2.20. The van der Waals surface area contributed by atoms with Gasteiger partial charge in [-0.05, 0) is 48.7 Å². The summed E-state index contributed by atoms with van der Waals surface area (Å²) < 4.78 is 5.39. The first-order valence-electron chi connectivity index (χ1n) is 9.45. The highest BCUT2D eigenvalue weighted by atomic mass is 16.3. The van der Waals surface area contributed by atoms with Crippen LogP contribution in [0.25, 0.3) is 17.2 Å². The van der Waals surface area contributed by atoms with Gasteiger partial charge < -0.3 is 20.0 Å². The van der Waals surface area contributed by atoms with Crippen molar-refractivity contribution in [3.8, 4) is 11.5 Å². The van der Waals surface area contributed by atoms with Crippen molar-refractivity contribution in [1.29, 1.82) is 0 Å². The maximum Gasteiger partial charge on any atom is 0.250 e. The van der Waals surface area contributed by atoms with Gasteiger partial charge in [-0.25, -0.2) is 4.98 Å². The molecule has 2 N–H and O–H groups in total. The summed E-state index contributed by atoms with van der Waals surface area (Å²) in [4.78, 5) is 19.1. The molecule has 1 aromatic heterocycles. The van der Waals surface area contributed by atoms with Gasteiger partial charge in [-0.2, -0.15) is 0 Å². The molecule has 3 aromatic rings. The number of benzene rings is 2. The third kappa shape index (κ3) is 3.13. The van der Waals surface area contributed by atoms with E-state index in [9.17, 15) is 4.79 Å². The molecule has 0 aliphatic carbocycles. The molecule has 28 heavy (non-hydrogen) atoms. The first kappa shape index (κ1) is 16.6. The summed E-state index contributed by atoms with van der Waals surface area (Å²) in [6, 6.07) is 14.0. The van der Waals surface area contributed by atoms with Gasteiger partial charge in [-0.1, -0.05) is 12.1 Å². The molecule has 6 heteroatoms. The molecular formula is C22H20N4O2. The van der Waals surface area contributed by atoms with Crippen molar-refractivity contribution < 1.29 is 9.21 Å². The summed E-state index contributed by atoms with van der Waals surface area (Å²) in [6.07, 6.45) is 7.19. The number of rotatable bonds is 3. The van der Waals surface area contributed by atoms with Crippen LogP contribution >= 0.6 is 0 Å². The van der Waals surface area contributed by atoms with E-state index in [0.29, 0.717) is 5.89 Å². The van der Waals surface area contributed by atoms with E-state index < -0.39 is 0 Å². The molecule has 1 amide bonds. The van der Waals surface area contributed by atoms with Crippen molar-refractivity contribution >= 4 is 28.7 Å². The molecule has 0 spiro atoms. The molecule has 2 aliphatic rings. The van der Waals surface area contributed by atoms with Crippen LogP contribution in [0.4, 0.5) is 17.1 Å². The number of amides is 1. The standard InChI is InChI=1S/C22H20N4O2/c27-21-14-19(15-4-3-5-16(12-15)22-23-8-11-28-22)24-18-7-6-17(13-20(18)25-21)26-9-1-2-10-26/h3-8,11-14,24H,1-2,9-10H2,(H,25,27). The van der Waals surface area contributed by atoms with Gasteiger partial charge in [0, 0.05) is 30.4 Å². The number of anilines is 3. The number of carbonyl (C=O) groups excluding carboxylic acids is 1. The summed E-state index contributed by atoms with van der Waals surface area (Å²) in [7, 11) is 0. The minimum absolute atomic E-state index is 0.152. The van der Waals surface area contributed by atoms with Gasteiger partial charge in [0.05, 0.1) is 23.3 Å². The van der Waals surface area contributed by atoms with E-state index >= 15 is 0 Å². The fraction of sp³-hybridized carbons (Fsp3) is 0.182. The lowest BCUT2D eigenvalue weighted by Crippen LogP contribution is -2.18. The quantitative estimate of drug-likeness (QED) is 0.715. The van der Waals surface area contributed by atoms with Crippen molar-refractivity contribution in [2.45, 2.75) is 12.8 Å². The number of hydrogen-bond acceptors (Lipinski definition) is 5. The van der Waals surface area contributed by atoms with Crippen LogP contribution in [-0.2, 0) is 4.79 Å². The Morgan fingerprint density at radius 3 is 2.64 bits per heavy atom. The van der Waals surface area contributed by atoms with Gasteiger partial charge in [0.15, 0.2) is 0 Å². The Balaban J connectivity index is 1.47. The molecule has 1 fully saturated rings. The molecule has 0 atom stereocenters. The van der Waals surface area contributed by atoms with Gasteiger partial charge in [-0.15, -0.1) is 0 Å². The normalized spacial score (nSPS) is 16.1. The van der Waals surface area contributed by atoms with E-state index in [1.165, 1.54) is 12.8 Å². The first-order chi connectivity index (χ1) is 13.8. The van der Waals surface area contributed by atoms with E-state index in [4.69, 9.17) is 4.42 Å². The fourth-order valence-corrected chi connectivity index (χ4v) is 3.74. The molecule has 140 valence electrons. The van der Waals surface area contributed by atoms with E-state index in [1.807, 2.05) is 36.4 Å². The Morgan fingerprint density at radius 2 is 1.82 bits per heavy atom. The second kappa shape index (κ2) is 6.88. The van der Waals surface area contributed by atoms with E-state index in [0.717, 1.165) is 47.0 Å². The van der Waals surface area contributed by atoms with Gasteiger partial charge in [0.2, 0.25) is 5.89 Å². The highest BCUT2D eigenvalue weighted by Crippen LogP contribution is 2.34. The third-order valence-corrected chi connectivity index (χ3v) is 5.13. The first-order valence-corrected chi connectivity index (χ1v) is 9.45. The van der Waals surface area contributed by atoms with Crippen molar-refractivity contribution in [2.24, 2.45) is 0 Å². The van der Waals surface area contributed by atoms with Gasteiger partial charge in [-0.3, -0.25) is 4.79 Å². The summed E-state index contributed by atoms with van der Waals surface area (Å²) in [5.74, 6) is 0.400. The molecule has 0 radical (unpaired) electrons. The topological polar surface area (TPSA) is 70.4 Å². The lowest BCUT2D eigenvalue weighted by atomic mass is 10.1. The van der Waals surface area contributed by atoms with Crippen LogP contribution in [0.15, 0.2) is 65.4 Å². The SMILES string of the molecule is O=C1C=C(c2cccc(-c3ncco3)c2)Nc2ccc(N3CCCC3)cc2N1. The minimum atomic E-state index is -0.152. The van der Waals surface area contributed by atoms with Crippen molar-refractivity contribution in [3.05, 3.63) is 66.6 Å². The predicted molar refractivity (Wildman–Crippen MR) is 110 cm³/mol. The number of nitrogens with zero attached hydrogens (tertiary/aromatic N) is 2. The van der Waals surface area contributed by atoms with Gasteiger partial charge >= 0.3 is 0 Å². The van der Waals surface area contributed by atoms with E-state index in [1.54, 1.807) is 18.5 Å². The van der Waals surface area contributed by atoms with Crippen LogP contribution in [0.3, 0.4) is 0 Å². The van der Waals surface area contributed by atoms with Crippen LogP contribution in [-0.4, -0.2) is 24.0 Å². The molecule has 1 saturated heterocycles. The smallest absolute Gasteiger partial charge is 0.250 e. The van der Waals surface area contributed by atoms with Gasteiger partial charge in [0.1, 0.15) is 6.26 Å². The average Bonchev–Trinajstić information content (AvgIpc) is 3.40. The Hall–Kier alpha value is -3.54. The van der Waals surface area contributed by atoms with Crippen molar-refractivity contribution in [1.82, 2.24) is 4.98 Å². The van der Waals surface area contributed by atoms with Crippen LogP contribution in [0.5, 0.6) is 0 Å². The number of carbonyl (C=O) groups is 1. The minimum Gasteiger partial charge on any atom is -0.445 e. The maximum absolute atomic E-state index is 12.5. The average molecular weight is 372 g/mol. The molecule has 6 nitrogen and oxygen atoms in total. The molecule has 2 aliphatic heterocycles. The Morgan fingerprint density at radius 1 is 0.964 bits per heavy atom. The van der Waals surface area contributed by atoms with Crippen LogP contribution < -0.4 is 15.5 Å². The zero-order valence-electron chi connectivity index (χ0n) is 15.3. The van der Waals surface area contributed by atoms with Gasteiger partial charge in [0.25, 0.3) is 5.91 Å². The monoisotopic (exact) mass is 372 g/mol. The highest BCUT2D eigenvalue weighted by Gasteiger charge is 2.18. The van der Waals surface area contributed by atoms with Crippen LogP contribution in [0.2, 0.25) is 0 Å². The van der Waals surface area contributed by atoms with E-state index in [-0.39, 0.29) is 5.91 Å². The molecule has 2 aromatic carbocycles. The van der Waals surface area contributed by atoms with Crippen LogP contribution in [0.1, 0.15) is 18.4 Å². The lowest BCUT2D eigenvalue weighted by molar-refractivity contribution is -0.111. The number of oxazole rings is 1. The highest BCUT2D eigenvalue weighted by molar-refractivity contribution is 6.10. The second-order valence-corrected chi connectivity index (χ2v) is 7.01. The largest absolute Gasteiger partial charge is 0.445 e. The Labute approximate surface area is 162 Å². The fourth-order valence-electron chi connectivity index (χ4n) is 3.74. The molecule has 0 unspecified atom stereocenters. The molecule has 5 rings (SSSR count). The summed E-state index contributed by atoms with van der Waals surface area (Å²) >= 11 is 0. The Kier molecular flexibility index (Phi) is 4.09.